The minimum absolute atomic E-state index is 0.0982. The minimum atomic E-state index is -0.322. The summed E-state index contributed by atoms with van der Waals surface area (Å²) in [7, 11) is 0. The van der Waals surface area contributed by atoms with Gasteiger partial charge in [0.15, 0.2) is 0 Å². The molecule has 1 aromatic carbocycles. The van der Waals surface area contributed by atoms with Crippen molar-refractivity contribution in [2.24, 2.45) is 0 Å². The lowest BCUT2D eigenvalue weighted by atomic mass is 9.93. The van der Waals surface area contributed by atoms with E-state index in [1.165, 1.54) is 10.4 Å². The van der Waals surface area contributed by atoms with Gasteiger partial charge in [-0.15, -0.1) is 11.3 Å². The van der Waals surface area contributed by atoms with Crippen LogP contribution in [0.1, 0.15) is 17.4 Å². The van der Waals surface area contributed by atoms with Gasteiger partial charge in [0.05, 0.1) is 6.61 Å². The predicted molar refractivity (Wildman–Crippen MR) is 81.8 cm³/mol. The Hall–Kier alpha value is -0.870. The highest BCUT2D eigenvalue weighted by Gasteiger charge is 2.23. The maximum absolute atomic E-state index is 9.64. The second-order valence-corrected chi connectivity index (χ2v) is 6.42. The Labute approximate surface area is 123 Å². The molecule has 2 N–H and O–H groups in total. The summed E-state index contributed by atoms with van der Waals surface area (Å²) < 4.78 is 0. The van der Waals surface area contributed by atoms with Crippen molar-refractivity contribution in [2.75, 3.05) is 6.61 Å². The summed E-state index contributed by atoms with van der Waals surface area (Å²) in [5, 5.41) is 15.9. The molecular weight excluding hydrogens is 278 g/mol. The average molecular weight is 296 g/mol. The standard InChI is InChI=1S/C15H18ClNOS/c1-15(11-18,17-10-14-3-2-8-19-14)9-12-4-6-13(16)7-5-12/h2-8,17-18H,9-11H2,1H3. The van der Waals surface area contributed by atoms with Crippen molar-refractivity contribution in [1.82, 2.24) is 5.32 Å². The molecule has 1 aromatic heterocycles. The van der Waals surface area contributed by atoms with Crippen LogP contribution in [0.25, 0.3) is 0 Å². The number of halogens is 1. The molecule has 1 atom stereocenters. The van der Waals surface area contributed by atoms with Crippen molar-refractivity contribution in [3.05, 3.63) is 57.2 Å². The van der Waals surface area contributed by atoms with Crippen LogP contribution in [0.3, 0.4) is 0 Å². The molecule has 4 heteroatoms. The molecule has 0 spiro atoms. The van der Waals surface area contributed by atoms with Crippen molar-refractivity contribution >= 4 is 22.9 Å². The van der Waals surface area contributed by atoms with Crippen LogP contribution in [0.4, 0.5) is 0 Å². The van der Waals surface area contributed by atoms with Crippen LogP contribution in [-0.2, 0) is 13.0 Å². The van der Waals surface area contributed by atoms with Crippen molar-refractivity contribution in [3.8, 4) is 0 Å². The maximum Gasteiger partial charge on any atom is 0.0613 e. The Morgan fingerprint density at radius 1 is 1.26 bits per heavy atom. The zero-order valence-electron chi connectivity index (χ0n) is 10.9. The Bertz CT molecular complexity index is 497. The van der Waals surface area contributed by atoms with Gasteiger partial charge in [0.1, 0.15) is 0 Å². The molecule has 0 fully saturated rings. The van der Waals surface area contributed by atoms with Crippen LogP contribution in [0, 0.1) is 0 Å². The van der Waals surface area contributed by atoms with Gasteiger partial charge in [0.25, 0.3) is 0 Å². The lowest BCUT2D eigenvalue weighted by Crippen LogP contribution is -2.47. The molecule has 0 amide bonds. The van der Waals surface area contributed by atoms with Gasteiger partial charge in [-0.05, 0) is 42.5 Å². The lowest BCUT2D eigenvalue weighted by Gasteiger charge is -2.29. The third-order valence-electron chi connectivity index (χ3n) is 3.13. The van der Waals surface area contributed by atoms with Gasteiger partial charge in [0, 0.05) is 22.0 Å². The van der Waals surface area contributed by atoms with Crippen molar-refractivity contribution in [2.45, 2.75) is 25.4 Å². The van der Waals surface area contributed by atoms with Gasteiger partial charge < -0.3 is 10.4 Å². The first-order chi connectivity index (χ1) is 9.11. The lowest BCUT2D eigenvalue weighted by molar-refractivity contribution is 0.172. The summed E-state index contributed by atoms with van der Waals surface area (Å²) in [5.74, 6) is 0. The third kappa shape index (κ3) is 4.32. The molecule has 0 saturated heterocycles. The van der Waals surface area contributed by atoms with E-state index in [2.05, 4.69) is 16.8 Å². The zero-order chi connectivity index (χ0) is 13.7. The number of thiophene rings is 1. The van der Waals surface area contributed by atoms with Crippen LogP contribution in [0.5, 0.6) is 0 Å². The predicted octanol–water partition coefficient (Wildman–Crippen LogP) is 3.48. The average Bonchev–Trinajstić information content (AvgIpc) is 2.93. The number of aliphatic hydroxyl groups is 1. The molecule has 2 nitrogen and oxygen atoms in total. The number of benzene rings is 1. The van der Waals surface area contributed by atoms with E-state index >= 15 is 0 Å². The van der Waals surface area contributed by atoms with Gasteiger partial charge in [-0.3, -0.25) is 0 Å². The van der Waals surface area contributed by atoms with E-state index in [-0.39, 0.29) is 12.1 Å². The first-order valence-electron chi connectivity index (χ1n) is 6.24. The van der Waals surface area contributed by atoms with Crippen LogP contribution in [0.2, 0.25) is 5.02 Å². The van der Waals surface area contributed by atoms with Crippen molar-refractivity contribution < 1.29 is 5.11 Å². The van der Waals surface area contributed by atoms with Crippen LogP contribution < -0.4 is 5.32 Å². The second kappa shape index (κ2) is 6.53. The normalized spacial score (nSPS) is 14.3. The highest BCUT2D eigenvalue weighted by atomic mass is 35.5. The smallest absolute Gasteiger partial charge is 0.0613 e. The zero-order valence-corrected chi connectivity index (χ0v) is 12.5. The topological polar surface area (TPSA) is 32.3 Å². The van der Waals surface area contributed by atoms with Crippen LogP contribution in [0.15, 0.2) is 41.8 Å². The number of hydrogen-bond donors (Lipinski definition) is 2. The summed E-state index contributed by atoms with van der Waals surface area (Å²) in [4.78, 5) is 1.27. The van der Waals surface area contributed by atoms with E-state index < -0.39 is 0 Å². The van der Waals surface area contributed by atoms with Crippen molar-refractivity contribution in [3.63, 3.8) is 0 Å². The number of rotatable bonds is 6. The number of hydrogen-bond acceptors (Lipinski definition) is 3. The molecule has 0 aliphatic heterocycles. The quantitative estimate of drug-likeness (QED) is 0.855. The fourth-order valence-electron chi connectivity index (χ4n) is 1.94. The summed E-state index contributed by atoms with van der Waals surface area (Å²) in [6.45, 7) is 2.92. The molecule has 1 unspecified atom stereocenters. The molecule has 102 valence electrons. The first kappa shape index (κ1) is 14.5. The maximum atomic E-state index is 9.64. The highest BCUT2D eigenvalue weighted by Crippen LogP contribution is 2.17. The Morgan fingerprint density at radius 2 is 2.00 bits per heavy atom. The van der Waals surface area contributed by atoms with Crippen molar-refractivity contribution in [1.29, 1.82) is 0 Å². The Balaban J connectivity index is 1.98. The number of aliphatic hydroxyl groups excluding tert-OH is 1. The van der Waals surface area contributed by atoms with E-state index in [1.807, 2.05) is 37.3 Å². The molecule has 2 rings (SSSR count). The molecule has 0 aliphatic rings. The van der Waals surface area contributed by atoms with Gasteiger partial charge in [-0.25, -0.2) is 0 Å². The van der Waals surface area contributed by atoms with E-state index in [9.17, 15) is 5.11 Å². The fraction of sp³-hybridized carbons (Fsp3) is 0.333. The molecular formula is C15H18ClNOS. The first-order valence-corrected chi connectivity index (χ1v) is 7.50. The summed E-state index contributed by atoms with van der Waals surface area (Å²) in [6.07, 6.45) is 0.770. The monoisotopic (exact) mass is 295 g/mol. The largest absolute Gasteiger partial charge is 0.394 e. The van der Waals surface area contributed by atoms with E-state index in [0.717, 1.165) is 18.0 Å². The fourth-order valence-corrected chi connectivity index (χ4v) is 2.71. The van der Waals surface area contributed by atoms with Gasteiger partial charge in [0.2, 0.25) is 0 Å². The molecule has 2 aromatic rings. The summed E-state index contributed by atoms with van der Waals surface area (Å²) in [5.41, 5.74) is 0.845. The van der Waals surface area contributed by atoms with Gasteiger partial charge in [-0.2, -0.15) is 0 Å². The second-order valence-electron chi connectivity index (χ2n) is 4.95. The van der Waals surface area contributed by atoms with E-state index in [4.69, 9.17) is 11.6 Å². The van der Waals surface area contributed by atoms with Crippen LogP contribution in [-0.4, -0.2) is 17.3 Å². The highest BCUT2D eigenvalue weighted by molar-refractivity contribution is 7.09. The Morgan fingerprint density at radius 3 is 2.58 bits per heavy atom. The molecule has 1 heterocycles. The molecule has 0 bridgehead atoms. The Kier molecular flexibility index (Phi) is 4.99. The van der Waals surface area contributed by atoms with Crippen LogP contribution >= 0.6 is 22.9 Å². The minimum Gasteiger partial charge on any atom is -0.394 e. The SMILES string of the molecule is CC(CO)(Cc1ccc(Cl)cc1)NCc1cccs1. The molecule has 0 radical (unpaired) electrons. The molecule has 0 saturated carbocycles. The molecule has 19 heavy (non-hydrogen) atoms. The van der Waals surface area contributed by atoms with E-state index in [1.54, 1.807) is 11.3 Å². The van der Waals surface area contributed by atoms with E-state index in [0.29, 0.717) is 0 Å². The van der Waals surface area contributed by atoms with Gasteiger partial charge in [-0.1, -0.05) is 29.8 Å². The summed E-state index contributed by atoms with van der Waals surface area (Å²) in [6, 6.07) is 11.9. The van der Waals surface area contributed by atoms with Gasteiger partial charge >= 0.3 is 0 Å². The summed E-state index contributed by atoms with van der Waals surface area (Å²) >= 11 is 7.60. The molecule has 0 aliphatic carbocycles. The number of nitrogens with one attached hydrogen (secondary N) is 1. The third-order valence-corrected chi connectivity index (χ3v) is 4.25.